The molecule has 0 aliphatic rings. The molecule has 1 aromatic rings. The van der Waals surface area contributed by atoms with Crippen molar-refractivity contribution in [1.82, 2.24) is 4.98 Å². The number of hydrogen-bond donors (Lipinski definition) is 2. The van der Waals surface area contributed by atoms with Gasteiger partial charge in [-0.1, -0.05) is 6.07 Å². The summed E-state index contributed by atoms with van der Waals surface area (Å²) in [5.41, 5.74) is 6.37. The predicted molar refractivity (Wildman–Crippen MR) is 38.3 cm³/mol. The Bertz CT molecular complexity index is 188. The van der Waals surface area contributed by atoms with E-state index >= 15 is 0 Å². The maximum atomic E-state index is 8.64. The van der Waals surface area contributed by atoms with Gasteiger partial charge in [0.25, 0.3) is 0 Å². The number of aromatic nitrogens is 1. The zero-order chi connectivity index (χ0) is 7.40. The molecule has 0 amide bonds. The fraction of sp³-hybridized carbons (Fsp3) is 0.286. The number of aliphatic hydroxyl groups is 1. The van der Waals surface area contributed by atoms with E-state index in [1.54, 1.807) is 18.5 Å². The number of aliphatic hydroxyl groups excluding tert-OH is 1. The largest absolute Gasteiger partial charge is 0.394 e. The van der Waals surface area contributed by atoms with E-state index in [0.717, 1.165) is 5.56 Å². The van der Waals surface area contributed by atoms with Crippen LogP contribution in [0.15, 0.2) is 24.5 Å². The third kappa shape index (κ3) is 1.52. The van der Waals surface area contributed by atoms with E-state index in [0.29, 0.717) is 0 Å². The van der Waals surface area contributed by atoms with Crippen LogP contribution in [0.5, 0.6) is 0 Å². The SMILES string of the molecule is N[C@@H](CO)c1cccnc1. The summed E-state index contributed by atoms with van der Waals surface area (Å²) in [5, 5.41) is 8.64. The Hall–Kier alpha value is -0.930. The second kappa shape index (κ2) is 3.29. The molecule has 1 atom stereocenters. The highest BCUT2D eigenvalue weighted by Gasteiger charge is 2.01. The minimum atomic E-state index is -0.298. The van der Waals surface area contributed by atoms with Gasteiger partial charge in [-0.3, -0.25) is 4.98 Å². The van der Waals surface area contributed by atoms with Crippen molar-refractivity contribution in [2.24, 2.45) is 5.73 Å². The molecule has 0 aromatic carbocycles. The summed E-state index contributed by atoms with van der Waals surface area (Å²) in [6.45, 7) is -0.0360. The zero-order valence-electron chi connectivity index (χ0n) is 5.57. The first-order valence-electron chi connectivity index (χ1n) is 3.11. The van der Waals surface area contributed by atoms with Gasteiger partial charge in [-0.15, -0.1) is 0 Å². The van der Waals surface area contributed by atoms with Crippen molar-refractivity contribution in [3.63, 3.8) is 0 Å². The first-order chi connectivity index (χ1) is 4.84. The number of pyridine rings is 1. The van der Waals surface area contributed by atoms with E-state index in [4.69, 9.17) is 10.8 Å². The van der Waals surface area contributed by atoms with Gasteiger partial charge >= 0.3 is 0 Å². The first kappa shape index (κ1) is 7.18. The molecule has 0 saturated carbocycles. The summed E-state index contributed by atoms with van der Waals surface area (Å²) in [6.07, 6.45) is 3.33. The Kier molecular flexibility index (Phi) is 2.36. The highest BCUT2D eigenvalue weighted by molar-refractivity contribution is 5.12. The monoisotopic (exact) mass is 138 g/mol. The van der Waals surface area contributed by atoms with Crippen LogP contribution in [0.3, 0.4) is 0 Å². The Morgan fingerprint density at radius 3 is 3.00 bits per heavy atom. The van der Waals surface area contributed by atoms with Crippen molar-refractivity contribution >= 4 is 0 Å². The molecular formula is C7H10N2O. The van der Waals surface area contributed by atoms with Gasteiger partial charge < -0.3 is 10.8 Å². The van der Waals surface area contributed by atoms with E-state index in [-0.39, 0.29) is 12.6 Å². The smallest absolute Gasteiger partial charge is 0.0624 e. The van der Waals surface area contributed by atoms with Crippen LogP contribution < -0.4 is 5.73 Å². The van der Waals surface area contributed by atoms with Crippen molar-refractivity contribution < 1.29 is 5.11 Å². The van der Waals surface area contributed by atoms with Crippen LogP contribution in [0.2, 0.25) is 0 Å². The summed E-state index contributed by atoms with van der Waals surface area (Å²) in [4.78, 5) is 3.86. The zero-order valence-corrected chi connectivity index (χ0v) is 5.57. The fourth-order valence-corrected chi connectivity index (χ4v) is 0.701. The van der Waals surface area contributed by atoms with Gasteiger partial charge in [0.15, 0.2) is 0 Å². The second-order valence-electron chi connectivity index (χ2n) is 2.08. The Labute approximate surface area is 59.5 Å². The van der Waals surface area contributed by atoms with Gasteiger partial charge in [0, 0.05) is 12.4 Å². The molecule has 0 aliphatic carbocycles. The van der Waals surface area contributed by atoms with Crippen molar-refractivity contribution in [2.45, 2.75) is 6.04 Å². The summed E-state index contributed by atoms with van der Waals surface area (Å²) < 4.78 is 0. The van der Waals surface area contributed by atoms with Gasteiger partial charge in [0.2, 0.25) is 0 Å². The third-order valence-corrected chi connectivity index (χ3v) is 1.31. The average Bonchev–Trinajstić information content (AvgIpc) is 2.05. The second-order valence-corrected chi connectivity index (χ2v) is 2.08. The van der Waals surface area contributed by atoms with Crippen LogP contribution in [0, 0.1) is 0 Å². The topological polar surface area (TPSA) is 59.1 Å². The molecule has 0 spiro atoms. The summed E-state index contributed by atoms with van der Waals surface area (Å²) in [6, 6.07) is 3.34. The lowest BCUT2D eigenvalue weighted by Gasteiger charge is -2.05. The molecule has 1 rings (SSSR count). The Balaban J connectivity index is 2.75. The van der Waals surface area contributed by atoms with E-state index in [1.165, 1.54) is 0 Å². The van der Waals surface area contributed by atoms with Crippen molar-refractivity contribution in [3.8, 4) is 0 Å². The number of nitrogens with zero attached hydrogens (tertiary/aromatic N) is 1. The van der Waals surface area contributed by atoms with Crippen molar-refractivity contribution in [3.05, 3.63) is 30.1 Å². The fourth-order valence-electron chi connectivity index (χ4n) is 0.701. The van der Waals surface area contributed by atoms with E-state index in [1.807, 2.05) is 6.07 Å². The van der Waals surface area contributed by atoms with Gasteiger partial charge in [-0.25, -0.2) is 0 Å². The first-order valence-corrected chi connectivity index (χ1v) is 3.11. The lowest BCUT2D eigenvalue weighted by atomic mass is 10.1. The van der Waals surface area contributed by atoms with Crippen LogP contribution in [-0.4, -0.2) is 16.7 Å². The normalized spacial score (nSPS) is 13.0. The molecular weight excluding hydrogens is 128 g/mol. The van der Waals surface area contributed by atoms with Crippen LogP contribution >= 0.6 is 0 Å². The molecule has 1 heterocycles. The standard InChI is InChI=1S/C7H10N2O/c8-7(5-10)6-2-1-3-9-4-6/h1-4,7,10H,5,8H2/t7-/m0/s1. The molecule has 0 radical (unpaired) electrons. The molecule has 3 heteroatoms. The number of nitrogens with two attached hydrogens (primary N) is 1. The Morgan fingerprint density at radius 1 is 1.70 bits per heavy atom. The molecule has 3 nitrogen and oxygen atoms in total. The summed E-state index contributed by atoms with van der Waals surface area (Å²) >= 11 is 0. The van der Waals surface area contributed by atoms with Gasteiger partial charge in [0.1, 0.15) is 0 Å². The lowest BCUT2D eigenvalue weighted by Crippen LogP contribution is -2.14. The highest BCUT2D eigenvalue weighted by atomic mass is 16.3. The molecule has 1 aromatic heterocycles. The molecule has 0 fully saturated rings. The van der Waals surface area contributed by atoms with Gasteiger partial charge in [0.05, 0.1) is 12.6 Å². The molecule has 0 saturated heterocycles. The average molecular weight is 138 g/mol. The number of rotatable bonds is 2. The minimum absolute atomic E-state index is 0.0360. The third-order valence-electron chi connectivity index (χ3n) is 1.31. The molecule has 0 aliphatic heterocycles. The van der Waals surface area contributed by atoms with Gasteiger partial charge in [-0.2, -0.15) is 0 Å². The minimum Gasteiger partial charge on any atom is -0.394 e. The van der Waals surface area contributed by atoms with Gasteiger partial charge in [-0.05, 0) is 11.6 Å². The van der Waals surface area contributed by atoms with Crippen LogP contribution in [0.1, 0.15) is 11.6 Å². The summed E-state index contributed by atoms with van der Waals surface area (Å²) in [5.74, 6) is 0. The lowest BCUT2D eigenvalue weighted by molar-refractivity contribution is 0.268. The molecule has 10 heavy (non-hydrogen) atoms. The quantitative estimate of drug-likeness (QED) is 0.608. The highest BCUT2D eigenvalue weighted by Crippen LogP contribution is 2.05. The maximum Gasteiger partial charge on any atom is 0.0624 e. The van der Waals surface area contributed by atoms with Crippen LogP contribution in [0.25, 0.3) is 0 Å². The molecule has 0 bridgehead atoms. The van der Waals surface area contributed by atoms with Crippen LogP contribution in [0.4, 0.5) is 0 Å². The van der Waals surface area contributed by atoms with E-state index in [9.17, 15) is 0 Å². The van der Waals surface area contributed by atoms with Crippen molar-refractivity contribution in [2.75, 3.05) is 6.61 Å². The van der Waals surface area contributed by atoms with Crippen molar-refractivity contribution in [1.29, 1.82) is 0 Å². The maximum absolute atomic E-state index is 8.64. The predicted octanol–water partition coefficient (Wildman–Crippen LogP) is 0.0737. The van der Waals surface area contributed by atoms with E-state index < -0.39 is 0 Å². The molecule has 0 unspecified atom stereocenters. The molecule has 54 valence electrons. The van der Waals surface area contributed by atoms with E-state index in [2.05, 4.69) is 4.98 Å². The molecule has 3 N–H and O–H groups in total. The number of hydrogen-bond acceptors (Lipinski definition) is 3. The Morgan fingerprint density at radius 2 is 2.50 bits per heavy atom. The van der Waals surface area contributed by atoms with Crippen LogP contribution in [-0.2, 0) is 0 Å². The summed E-state index contributed by atoms with van der Waals surface area (Å²) in [7, 11) is 0.